The van der Waals surface area contributed by atoms with E-state index in [0.717, 1.165) is 25.7 Å². The molecule has 0 aliphatic carbocycles. The van der Waals surface area contributed by atoms with Crippen molar-refractivity contribution in [2.24, 2.45) is 0 Å². The van der Waals surface area contributed by atoms with Gasteiger partial charge in [0.2, 0.25) is 0 Å². The Labute approximate surface area is 81.6 Å². The fraction of sp³-hybridized carbons (Fsp3) is 0.400. The van der Waals surface area contributed by atoms with Gasteiger partial charge in [-0.3, -0.25) is 0 Å². The van der Waals surface area contributed by atoms with Gasteiger partial charge in [-0.05, 0) is 12.8 Å². The Morgan fingerprint density at radius 1 is 0.909 bits per heavy atom. The van der Waals surface area contributed by atoms with Gasteiger partial charge in [-0.15, -0.1) is 24.7 Å². The second-order valence-electron chi connectivity index (χ2n) is 1.62. The fourth-order valence-corrected chi connectivity index (χ4v) is 0.204. The van der Waals surface area contributed by atoms with Crippen LogP contribution in [0.2, 0.25) is 0 Å². The first-order valence-corrected chi connectivity index (χ1v) is 3.28. The Morgan fingerprint density at radius 2 is 1.18 bits per heavy atom. The third kappa shape index (κ3) is 42.5. The predicted molar refractivity (Wildman–Crippen MR) is 46.8 cm³/mol. The van der Waals surface area contributed by atoms with Crippen molar-refractivity contribution >= 4 is 0 Å². The van der Waals surface area contributed by atoms with Crippen LogP contribution in [0.3, 0.4) is 0 Å². The van der Waals surface area contributed by atoms with E-state index in [-0.39, 0.29) is 17.1 Å². The summed E-state index contributed by atoms with van der Waals surface area (Å²) in [7, 11) is 0. The molecule has 1 radical (unpaired) electrons. The van der Waals surface area contributed by atoms with Gasteiger partial charge in [0.25, 0.3) is 0 Å². The fourth-order valence-electron chi connectivity index (χ4n) is 0.204. The molecule has 0 aliphatic heterocycles. The number of terminal acetylenes is 2. The average molecular weight is 198 g/mol. The summed E-state index contributed by atoms with van der Waals surface area (Å²) in [5.41, 5.74) is 0. The van der Waals surface area contributed by atoms with Crippen molar-refractivity contribution in [2.45, 2.75) is 25.7 Å². The summed E-state index contributed by atoms with van der Waals surface area (Å²) in [6, 6.07) is 0. The number of unbranched alkanes of at least 4 members (excludes halogenated alkanes) is 2. The molecule has 0 aromatic carbocycles. The van der Waals surface area contributed by atoms with E-state index in [2.05, 4.69) is 25.7 Å². The predicted octanol–water partition coefficient (Wildman–Crippen LogP) is 2.47. The Balaban J connectivity index is -0.000000107. The molecule has 0 unspecified atom stereocenters. The van der Waals surface area contributed by atoms with Gasteiger partial charge in [-0.25, -0.2) is 0 Å². The van der Waals surface area contributed by atoms with E-state index in [1.165, 1.54) is 0 Å². The monoisotopic (exact) mass is 197 g/mol. The first-order valence-electron chi connectivity index (χ1n) is 3.28. The third-order valence-electron chi connectivity index (χ3n) is 0.642. The van der Waals surface area contributed by atoms with Crippen molar-refractivity contribution in [3.63, 3.8) is 0 Å². The molecule has 0 bridgehead atoms. The van der Waals surface area contributed by atoms with E-state index >= 15 is 0 Å². The van der Waals surface area contributed by atoms with Crippen LogP contribution in [0.15, 0.2) is 0 Å². The molecule has 0 saturated carbocycles. The van der Waals surface area contributed by atoms with Crippen molar-refractivity contribution in [3.8, 4) is 24.7 Å². The zero-order valence-electron chi connectivity index (χ0n) is 6.70. The maximum absolute atomic E-state index is 4.85. The Kier molecular flexibility index (Phi) is 34.8. The first-order chi connectivity index (χ1) is 4.83. The molecule has 0 rings (SSSR count). The molecule has 0 saturated heterocycles. The topological polar surface area (TPSA) is 0 Å². The second-order valence-corrected chi connectivity index (χ2v) is 1.62. The summed E-state index contributed by atoms with van der Waals surface area (Å²) < 4.78 is 0. The van der Waals surface area contributed by atoms with Gasteiger partial charge in [-0.2, -0.15) is 12.8 Å². The molecule has 0 aromatic heterocycles. The third-order valence-corrected chi connectivity index (χ3v) is 0.642. The largest absolute Gasteiger partial charge is 2.00 e. The van der Waals surface area contributed by atoms with Crippen LogP contribution in [-0.4, -0.2) is 0 Å². The molecule has 0 atom stereocenters. The van der Waals surface area contributed by atoms with Gasteiger partial charge < -0.3 is 13.8 Å². The van der Waals surface area contributed by atoms with Crippen LogP contribution in [0, 0.1) is 38.5 Å². The summed E-state index contributed by atoms with van der Waals surface area (Å²) in [4.78, 5) is 0. The van der Waals surface area contributed by atoms with Gasteiger partial charge in [0.05, 0.1) is 0 Å². The van der Waals surface area contributed by atoms with Crippen LogP contribution in [0.5, 0.6) is 0 Å². The molecular weight excluding hydrogens is 184 g/mol. The van der Waals surface area contributed by atoms with E-state index in [1.807, 2.05) is 0 Å². The van der Waals surface area contributed by atoms with Crippen molar-refractivity contribution in [1.29, 1.82) is 0 Å². The summed E-state index contributed by atoms with van der Waals surface area (Å²) in [5.74, 6) is 4.91. The van der Waals surface area contributed by atoms with Gasteiger partial charge in [0, 0.05) is 0 Å². The molecule has 1 heteroatoms. The maximum atomic E-state index is 4.85. The van der Waals surface area contributed by atoms with Crippen molar-refractivity contribution in [1.82, 2.24) is 0 Å². The van der Waals surface area contributed by atoms with Crippen molar-refractivity contribution < 1.29 is 17.1 Å². The molecule has 0 fully saturated rings. The first kappa shape index (κ1) is 16.9. The maximum Gasteiger partial charge on any atom is 2.00 e. The summed E-state index contributed by atoms with van der Waals surface area (Å²) in [6.45, 7) is 7.07. The van der Waals surface area contributed by atoms with Gasteiger partial charge in [0.1, 0.15) is 0 Å². The Bertz CT molecular complexity index is 97.8. The van der Waals surface area contributed by atoms with Gasteiger partial charge in [-0.1, -0.05) is 0 Å². The summed E-state index contributed by atoms with van der Waals surface area (Å²) in [6.07, 6.45) is 13.0. The molecule has 0 aromatic rings. The Morgan fingerprint density at radius 3 is 1.18 bits per heavy atom. The van der Waals surface area contributed by atoms with E-state index in [4.69, 9.17) is 12.8 Å². The zero-order valence-corrected chi connectivity index (χ0v) is 7.64. The van der Waals surface area contributed by atoms with Crippen LogP contribution < -0.4 is 0 Å². The number of hydrogen-bond acceptors (Lipinski definition) is 0. The van der Waals surface area contributed by atoms with E-state index in [9.17, 15) is 0 Å². The standard InChI is InChI=1S/2C5H7.Cu/c2*1-3-5-4-2;/h2*1H,2,4-5H2;/q2*-1;+2. The van der Waals surface area contributed by atoms with E-state index < -0.39 is 0 Å². The molecule has 65 valence electrons. The molecule has 0 spiro atoms. The molecular formula is C10H14Cu. The van der Waals surface area contributed by atoms with Crippen LogP contribution in [0.1, 0.15) is 25.7 Å². The van der Waals surface area contributed by atoms with Crippen LogP contribution >= 0.6 is 0 Å². The van der Waals surface area contributed by atoms with Crippen LogP contribution in [0.4, 0.5) is 0 Å². The van der Waals surface area contributed by atoms with Crippen LogP contribution in [-0.2, 0) is 17.1 Å². The molecule has 0 amide bonds. The van der Waals surface area contributed by atoms with Crippen LogP contribution in [0.25, 0.3) is 0 Å². The molecule has 0 heterocycles. The molecule has 0 N–H and O–H groups in total. The number of hydrogen-bond donors (Lipinski definition) is 0. The average Bonchev–Trinajstić information content (AvgIpc) is 1.93. The van der Waals surface area contributed by atoms with Gasteiger partial charge >= 0.3 is 17.1 Å². The van der Waals surface area contributed by atoms with E-state index in [0.29, 0.717) is 0 Å². The normalized spacial score (nSPS) is 5.82. The smallest absolute Gasteiger partial charge is 0.342 e. The quantitative estimate of drug-likeness (QED) is 0.363. The number of rotatable bonds is 2. The zero-order chi connectivity index (χ0) is 8.24. The minimum Gasteiger partial charge on any atom is -0.342 e. The molecule has 11 heavy (non-hydrogen) atoms. The summed E-state index contributed by atoms with van der Waals surface area (Å²) in [5, 5.41) is 0. The Hall–Kier alpha value is -0.361. The van der Waals surface area contributed by atoms with E-state index in [1.54, 1.807) is 0 Å². The molecule has 0 aliphatic rings. The van der Waals surface area contributed by atoms with Crippen molar-refractivity contribution in [2.75, 3.05) is 0 Å². The van der Waals surface area contributed by atoms with Crippen molar-refractivity contribution in [3.05, 3.63) is 13.8 Å². The van der Waals surface area contributed by atoms with Gasteiger partial charge in [0.15, 0.2) is 0 Å². The molecule has 0 nitrogen and oxygen atoms in total. The minimum absolute atomic E-state index is 0. The second kappa shape index (κ2) is 22.6. The summed E-state index contributed by atoms with van der Waals surface area (Å²) >= 11 is 0. The SMILES string of the molecule is C#CCC[CH2-].C#CCC[CH2-].[Cu+2]. The minimum atomic E-state index is 0.